The van der Waals surface area contributed by atoms with E-state index in [1.807, 2.05) is 12.1 Å². The fraction of sp³-hybridized carbons (Fsp3) is 0.577. The van der Waals surface area contributed by atoms with Gasteiger partial charge in [0.15, 0.2) is 5.76 Å². The van der Waals surface area contributed by atoms with Gasteiger partial charge in [0.25, 0.3) is 5.91 Å². The zero-order valence-corrected chi connectivity index (χ0v) is 21.0. The average molecular weight is 518 g/mol. The van der Waals surface area contributed by atoms with Gasteiger partial charge < -0.3 is 14.5 Å². The Hall–Kier alpha value is -1.67. The summed E-state index contributed by atoms with van der Waals surface area (Å²) in [4.78, 5) is 17.5. The van der Waals surface area contributed by atoms with Crippen LogP contribution in [0, 0.1) is 0 Å². The average Bonchev–Trinajstić information content (AvgIpc) is 3.33. The molecule has 6 nitrogen and oxygen atoms in total. The summed E-state index contributed by atoms with van der Waals surface area (Å²) in [5.41, 5.74) is 1.30. The number of carbonyl (C=O) groups is 1. The quantitative estimate of drug-likeness (QED) is 0.457. The SMILES string of the molecule is O=C(NCCCN1CCOCC1)c1ccc(CN(Cc2ccc(Br)cc2)C2CCCCC2)o1. The number of hydrogen-bond donors (Lipinski definition) is 1. The minimum Gasteiger partial charge on any atom is -0.455 e. The summed E-state index contributed by atoms with van der Waals surface area (Å²) in [6.07, 6.45) is 7.30. The number of hydrogen-bond acceptors (Lipinski definition) is 5. The van der Waals surface area contributed by atoms with Crippen molar-refractivity contribution < 1.29 is 13.9 Å². The summed E-state index contributed by atoms with van der Waals surface area (Å²) in [5.74, 6) is 1.14. The van der Waals surface area contributed by atoms with Crippen LogP contribution in [0.15, 0.2) is 45.3 Å². The van der Waals surface area contributed by atoms with E-state index in [1.54, 1.807) is 0 Å². The van der Waals surface area contributed by atoms with Crippen LogP contribution in [0.2, 0.25) is 0 Å². The van der Waals surface area contributed by atoms with Gasteiger partial charge in [0.05, 0.1) is 19.8 Å². The van der Waals surface area contributed by atoms with Crippen molar-refractivity contribution in [3.05, 3.63) is 58.0 Å². The van der Waals surface area contributed by atoms with Gasteiger partial charge in [-0.2, -0.15) is 0 Å². The van der Waals surface area contributed by atoms with E-state index in [0.29, 0.717) is 18.3 Å². The molecule has 1 aliphatic heterocycles. The molecule has 7 heteroatoms. The molecule has 33 heavy (non-hydrogen) atoms. The van der Waals surface area contributed by atoms with Gasteiger partial charge in [-0.15, -0.1) is 0 Å². The molecule has 1 aliphatic carbocycles. The van der Waals surface area contributed by atoms with Crippen molar-refractivity contribution >= 4 is 21.8 Å². The lowest BCUT2D eigenvalue weighted by Gasteiger charge is -2.34. The first kappa shape index (κ1) is 24.5. The van der Waals surface area contributed by atoms with Crippen LogP contribution in [-0.4, -0.2) is 61.1 Å². The van der Waals surface area contributed by atoms with Gasteiger partial charge in [-0.1, -0.05) is 47.3 Å². The summed E-state index contributed by atoms with van der Waals surface area (Å²) in [7, 11) is 0. The summed E-state index contributed by atoms with van der Waals surface area (Å²) in [6, 6.07) is 12.9. The van der Waals surface area contributed by atoms with Crippen molar-refractivity contribution in [3.63, 3.8) is 0 Å². The van der Waals surface area contributed by atoms with Crippen molar-refractivity contribution in [2.24, 2.45) is 0 Å². The van der Waals surface area contributed by atoms with E-state index >= 15 is 0 Å². The first-order valence-corrected chi connectivity index (χ1v) is 13.1. The van der Waals surface area contributed by atoms with Gasteiger partial charge in [0.2, 0.25) is 0 Å². The Morgan fingerprint density at radius 2 is 1.79 bits per heavy atom. The van der Waals surface area contributed by atoms with Crippen molar-refractivity contribution in [1.29, 1.82) is 0 Å². The molecular formula is C26H36BrN3O3. The highest BCUT2D eigenvalue weighted by atomic mass is 79.9. The minimum absolute atomic E-state index is 0.125. The zero-order valence-electron chi connectivity index (χ0n) is 19.4. The molecule has 1 saturated carbocycles. The highest BCUT2D eigenvalue weighted by Gasteiger charge is 2.23. The number of nitrogens with zero attached hydrogens (tertiary/aromatic N) is 2. The highest BCUT2D eigenvalue weighted by molar-refractivity contribution is 9.10. The van der Waals surface area contributed by atoms with Crippen LogP contribution in [0.1, 0.15) is 60.4 Å². The lowest BCUT2D eigenvalue weighted by Crippen LogP contribution is -2.38. The monoisotopic (exact) mass is 517 g/mol. The molecule has 2 aliphatic rings. The molecule has 2 aromatic rings. The Balaban J connectivity index is 1.29. The number of furan rings is 1. The fourth-order valence-corrected chi connectivity index (χ4v) is 5.05. The van der Waals surface area contributed by atoms with Crippen molar-refractivity contribution in [2.45, 2.75) is 57.7 Å². The lowest BCUT2D eigenvalue weighted by atomic mass is 9.93. The van der Waals surface area contributed by atoms with Crippen LogP contribution < -0.4 is 5.32 Å². The third kappa shape index (κ3) is 7.67. The number of amides is 1. The van der Waals surface area contributed by atoms with Gasteiger partial charge in [-0.25, -0.2) is 0 Å². The fourth-order valence-electron chi connectivity index (χ4n) is 4.79. The van der Waals surface area contributed by atoms with Gasteiger partial charge in [-0.3, -0.25) is 14.6 Å². The topological polar surface area (TPSA) is 58.0 Å². The third-order valence-electron chi connectivity index (χ3n) is 6.67. The smallest absolute Gasteiger partial charge is 0.286 e. The number of morpholine rings is 1. The molecule has 1 N–H and O–H groups in total. The Labute approximate surface area is 205 Å². The second-order valence-corrected chi connectivity index (χ2v) is 10.1. The molecule has 1 amide bonds. The molecule has 1 saturated heterocycles. The second-order valence-electron chi connectivity index (χ2n) is 9.15. The molecule has 2 fully saturated rings. The summed E-state index contributed by atoms with van der Waals surface area (Å²) in [5, 5.41) is 3.01. The van der Waals surface area contributed by atoms with E-state index in [9.17, 15) is 4.79 Å². The number of nitrogens with one attached hydrogen (secondary N) is 1. The molecule has 1 aromatic carbocycles. The van der Waals surface area contributed by atoms with Crippen LogP contribution >= 0.6 is 15.9 Å². The Morgan fingerprint density at radius 1 is 1.03 bits per heavy atom. The van der Waals surface area contributed by atoms with E-state index < -0.39 is 0 Å². The predicted octanol–water partition coefficient (Wildman–Crippen LogP) is 4.83. The maximum Gasteiger partial charge on any atom is 0.286 e. The van der Waals surface area contributed by atoms with E-state index in [-0.39, 0.29) is 5.91 Å². The molecule has 180 valence electrons. The Morgan fingerprint density at radius 3 is 2.55 bits per heavy atom. The number of halogens is 1. The van der Waals surface area contributed by atoms with Gasteiger partial charge in [0.1, 0.15) is 5.76 Å². The molecule has 2 heterocycles. The zero-order chi connectivity index (χ0) is 22.9. The summed E-state index contributed by atoms with van der Waals surface area (Å²) >= 11 is 3.53. The van der Waals surface area contributed by atoms with Crippen LogP contribution in [0.3, 0.4) is 0 Å². The van der Waals surface area contributed by atoms with Gasteiger partial charge >= 0.3 is 0 Å². The van der Waals surface area contributed by atoms with Crippen molar-refractivity contribution in [2.75, 3.05) is 39.4 Å². The lowest BCUT2D eigenvalue weighted by molar-refractivity contribution is 0.0374. The molecular weight excluding hydrogens is 482 g/mol. The standard InChI is InChI=1S/C26H36BrN3O3/c27-22-9-7-21(8-10-22)19-30(23-5-2-1-3-6-23)20-24-11-12-25(33-24)26(31)28-13-4-14-29-15-17-32-18-16-29/h7-12,23H,1-6,13-20H2,(H,28,31). The minimum atomic E-state index is -0.125. The molecule has 1 aromatic heterocycles. The normalized spacial score (nSPS) is 18.0. The van der Waals surface area contributed by atoms with Crippen LogP contribution in [0.4, 0.5) is 0 Å². The van der Waals surface area contributed by atoms with E-state index in [1.165, 1.54) is 37.7 Å². The number of ether oxygens (including phenoxy) is 1. The molecule has 0 spiro atoms. The van der Waals surface area contributed by atoms with Gasteiger partial charge in [0, 0.05) is 36.7 Å². The Bertz CT molecular complexity index is 858. The van der Waals surface area contributed by atoms with Crippen molar-refractivity contribution in [3.8, 4) is 0 Å². The largest absolute Gasteiger partial charge is 0.455 e. The third-order valence-corrected chi connectivity index (χ3v) is 7.20. The summed E-state index contributed by atoms with van der Waals surface area (Å²) in [6.45, 7) is 6.83. The van der Waals surface area contributed by atoms with Crippen LogP contribution in [0.25, 0.3) is 0 Å². The van der Waals surface area contributed by atoms with Gasteiger partial charge in [-0.05, 0) is 55.6 Å². The first-order valence-electron chi connectivity index (χ1n) is 12.3. The molecule has 4 rings (SSSR count). The number of benzene rings is 1. The second kappa shape index (κ2) is 12.7. The molecule has 0 radical (unpaired) electrons. The maximum atomic E-state index is 12.6. The number of rotatable bonds is 10. The van der Waals surface area contributed by atoms with E-state index in [4.69, 9.17) is 9.15 Å². The van der Waals surface area contributed by atoms with Crippen LogP contribution in [0.5, 0.6) is 0 Å². The van der Waals surface area contributed by atoms with E-state index in [0.717, 1.165) is 62.6 Å². The summed E-state index contributed by atoms with van der Waals surface area (Å²) < 4.78 is 12.5. The highest BCUT2D eigenvalue weighted by Crippen LogP contribution is 2.26. The molecule has 0 atom stereocenters. The van der Waals surface area contributed by atoms with Crippen molar-refractivity contribution in [1.82, 2.24) is 15.1 Å². The maximum absolute atomic E-state index is 12.6. The van der Waals surface area contributed by atoms with E-state index in [2.05, 4.69) is 55.3 Å². The first-order chi connectivity index (χ1) is 16.2. The molecule has 0 bridgehead atoms. The number of carbonyl (C=O) groups excluding carboxylic acids is 1. The van der Waals surface area contributed by atoms with Crippen LogP contribution in [-0.2, 0) is 17.8 Å². The predicted molar refractivity (Wildman–Crippen MR) is 133 cm³/mol. The Kier molecular flexibility index (Phi) is 9.41. The molecule has 0 unspecified atom stereocenters.